The smallest absolute Gasteiger partial charge is 0.328 e. The van der Waals surface area contributed by atoms with Crippen molar-refractivity contribution in [2.45, 2.75) is 18.1 Å². The van der Waals surface area contributed by atoms with E-state index in [2.05, 4.69) is 5.32 Å². The first-order valence-corrected chi connectivity index (χ1v) is 4.74. The Morgan fingerprint density at radius 2 is 2.07 bits per heavy atom. The van der Waals surface area contributed by atoms with Gasteiger partial charge in [-0.05, 0) is 0 Å². The third-order valence-corrected chi connectivity index (χ3v) is 2.81. The standard InChI is InChI=1S/C10H12N2O3/c11-7-5-3-1-2-4-6(5)12-8(9(7)13)10(14)15/h1-8,12H,11H2,(H,14,15). The molecule has 5 heteroatoms. The molecule has 4 N–H and O–H groups in total. The number of carbonyl (C=O) groups is 2. The van der Waals surface area contributed by atoms with Crippen molar-refractivity contribution in [2.24, 2.45) is 11.7 Å². The highest BCUT2D eigenvalue weighted by Crippen LogP contribution is 2.22. The number of carboxylic acids is 1. The summed E-state index contributed by atoms with van der Waals surface area (Å²) in [5.41, 5.74) is 5.72. The Labute approximate surface area is 86.6 Å². The molecule has 1 saturated heterocycles. The van der Waals surface area contributed by atoms with Crippen LogP contribution in [-0.2, 0) is 9.59 Å². The molecule has 0 aromatic heterocycles. The first-order valence-electron chi connectivity index (χ1n) is 4.74. The van der Waals surface area contributed by atoms with E-state index in [-0.39, 0.29) is 12.0 Å². The lowest BCUT2D eigenvalue weighted by molar-refractivity contribution is -0.145. The number of ketones is 1. The molecule has 2 rings (SSSR count). The summed E-state index contributed by atoms with van der Waals surface area (Å²) in [6.07, 6.45) is 7.29. The average Bonchev–Trinajstić information content (AvgIpc) is 2.23. The zero-order valence-corrected chi connectivity index (χ0v) is 7.96. The Bertz CT molecular complexity index is 360. The van der Waals surface area contributed by atoms with E-state index in [0.717, 1.165) is 0 Å². The minimum atomic E-state index is -1.18. The maximum atomic E-state index is 11.6. The second-order valence-electron chi connectivity index (χ2n) is 3.74. The maximum absolute atomic E-state index is 11.6. The van der Waals surface area contributed by atoms with Crippen molar-refractivity contribution in [2.75, 3.05) is 0 Å². The SMILES string of the molecule is NC1C(=O)C(C(=O)O)NC2C=CC=CC21. The zero-order valence-electron chi connectivity index (χ0n) is 7.96. The summed E-state index contributed by atoms with van der Waals surface area (Å²) >= 11 is 0. The minimum Gasteiger partial charge on any atom is -0.480 e. The summed E-state index contributed by atoms with van der Waals surface area (Å²) in [6, 6.07) is -2.08. The molecule has 0 spiro atoms. The molecule has 15 heavy (non-hydrogen) atoms. The van der Waals surface area contributed by atoms with Crippen molar-refractivity contribution in [3.63, 3.8) is 0 Å². The number of hydrogen-bond donors (Lipinski definition) is 3. The topological polar surface area (TPSA) is 92.4 Å². The molecule has 2 aliphatic rings. The van der Waals surface area contributed by atoms with Gasteiger partial charge in [0.1, 0.15) is 0 Å². The summed E-state index contributed by atoms with van der Waals surface area (Å²) in [6.45, 7) is 0. The second kappa shape index (κ2) is 3.60. The number of piperidine rings is 1. The van der Waals surface area contributed by atoms with Crippen LogP contribution in [0.5, 0.6) is 0 Å². The van der Waals surface area contributed by atoms with Crippen LogP contribution in [-0.4, -0.2) is 35.0 Å². The monoisotopic (exact) mass is 208 g/mol. The summed E-state index contributed by atoms with van der Waals surface area (Å²) in [4.78, 5) is 22.4. The molecule has 5 nitrogen and oxygen atoms in total. The van der Waals surface area contributed by atoms with Crippen LogP contribution in [0.3, 0.4) is 0 Å². The van der Waals surface area contributed by atoms with Crippen LogP contribution in [0.25, 0.3) is 0 Å². The number of carbonyl (C=O) groups excluding carboxylic acids is 1. The van der Waals surface area contributed by atoms with E-state index in [0.29, 0.717) is 0 Å². The van der Waals surface area contributed by atoms with Crippen molar-refractivity contribution in [3.05, 3.63) is 24.3 Å². The molecule has 0 saturated carbocycles. The summed E-state index contributed by atoms with van der Waals surface area (Å²) in [5, 5.41) is 11.6. The van der Waals surface area contributed by atoms with Gasteiger partial charge in [-0.25, -0.2) is 0 Å². The lowest BCUT2D eigenvalue weighted by atomic mass is 9.80. The minimum absolute atomic E-state index is 0.141. The van der Waals surface area contributed by atoms with E-state index in [4.69, 9.17) is 10.8 Å². The van der Waals surface area contributed by atoms with Gasteiger partial charge in [-0.15, -0.1) is 0 Å². The van der Waals surface area contributed by atoms with E-state index in [1.165, 1.54) is 0 Å². The van der Waals surface area contributed by atoms with Gasteiger partial charge in [-0.3, -0.25) is 14.9 Å². The van der Waals surface area contributed by atoms with Crippen LogP contribution < -0.4 is 11.1 Å². The predicted octanol–water partition coefficient (Wildman–Crippen LogP) is -0.950. The van der Waals surface area contributed by atoms with Gasteiger partial charge in [0.15, 0.2) is 11.8 Å². The first-order chi connectivity index (χ1) is 7.11. The number of rotatable bonds is 1. The predicted molar refractivity (Wildman–Crippen MR) is 53.1 cm³/mol. The Kier molecular flexibility index (Phi) is 2.42. The van der Waals surface area contributed by atoms with E-state index < -0.39 is 23.8 Å². The van der Waals surface area contributed by atoms with E-state index >= 15 is 0 Å². The van der Waals surface area contributed by atoms with Crippen LogP contribution in [0.2, 0.25) is 0 Å². The van der Waals surface area contributed by atoms with E-state index in [1.807, 2.05) is 24.3 Å². The largest absolute Gasteiger partial charge is 0.480 e. The van der Waals surface area contributed by atoms with Gasteiger partial charge in [0.2, 0.25) is 0 Å². The third-order valence-electron chi connectivity index (χ3n) is 2.81. The normalized spacial score (nSPS) is 38.9. The highest BCUT2D eigenvalue weighted by Gasteiger charge is 2.43. The fraction of sp³-hybridized carbons (Fsp3) is 0.400. The molecule has 1 heterocycles. The number of hydrogen-bond acceptors (Lipinski definition) is 4. The molecule has 80 valence electrons. The highest BCUT2D eigenvalue weighted by atomic mass is 16.4. The molecule has 1 aliphatic heterocycles. The van der Waals surface area contributed by atoms with Gasteiger partial charge in [-0.2, -0.15) is 0 Å². The fourth-order valence-corrected chi connectivity index (χ4v) is 1.98. The molecule has 0 radical (unpaired) electrons. The Morgan fingerprint density at radius 3 is 2.73 bits per heavy atom. The zero-order chi connectivity index (χ0) is 11.0. The average molecular weight is 208 g/mol. The second-order valence-corrected chi connectivity index (χ2v) is 3.74. The van der Waals surface area contributed by atoms with Gasteiger partial charge < -0.3 is 10.8 Å². The molecular weight excluding hydrogens is 196 g/mol. The molecule has 0 bridgehead atoms. The molecule has 0 amide bonds. The first kappa shape index (κ1) is 10.1. The number of nitrogens with two attached hydrogens (primary N) is 1. The van der Waals surface area contributed by atoms with Crippen LogP contribution in [0, 0.1) is 5.92 Å². The highest BCUT2D eigenvalue weighted by molar-refractivity contribution is 6.06. The summed E-state index contributed by atoms with van der Waals surface area (Å²) < 4.78 is 0. The Morgan fingerprint density at radius 1 is 1.40 bits per heavy atom. The molecule has 4 atom stereocenters. The van der Waals surface area contributed by atoms with Crippen LogP contribution in [0.1, 0.15) is 0 Å². The van der Waals surface area contributed by atoms with Gasteiger partial charge in [0.25, 0.3) is 0 Å². The third kappa shape index (κ3) is 1.60. The number of aliphatic carboxylic acids is 1. The van der Waals surface area contributed by atoms with Crippen molar-refractivity contribution < 1.29 is 14.7 Å². The van der Waals surface area contributed by atoms with Crippen molar-refractivity contribution >= 4 is 11.8 Å². The van der Waals surface area contributed by atoms with Gasteiger partial charge >= 0.3 is 5.97 Å². The van der Waals surface area contributed by atoms with E-state index in [9.17, 15) is 9.59 Å². The lowest BCUT2D eigenvalue weighted by Gasteiger charge is -2.37. The Hall–Kier alpha value is -1.46. The van der Waals surface area contributed by atoms with E-state index in [1.54, 1.807) is 0 Å². The van der Waals surface area contributed by atoms with Crippen molar-refractivity contribution in [3.8, 4) is 0 Å². The van der Waals surface area contributed by atoms with Crippen LogP contribution in [0.15, 0.2) is 24.3 Å². The molecule has 1 aliphatic carbocycles. The van der Waals surface area contributed by atoms with Crippen molar-refractivity contribution in [1.82, 2.24) is 5.32 Å². The lowest BCUT2D eigenvalue weighted by Crippen LogP contribution is -2.64. The van der Waals surface area contributed by atoms with Crippen LogP contribution >= 0.6 is 0 Å². The van der Waals surface area contributed by atoms with Gasteiger partial charge in [0.05, 0.1) is 6.04 Å². The summed E-state index contributed by atoms with van der Waals surface area (Å²) in [7, 11) is 0. The molecule has 1 fully saturated rings. The van der Waals surface area contributed by atoms with Crippen LogP contribution in [0.4, 0.5) is 0 Å². The van der Waals surface area contributed by atoms with Gasteiger partial charge in [-0.1, -0.05) is 24.3 Å². The molecule has 0 aromatic carbocycles. The molecule has 0 aromatic rings. The maximum Gasteiger partial charge on any atom is 0.328 e. The summed E-state index contributed by atoms with van der Waals surface area (Å²) in [5.74, 6) is -1.77. The number of Topliss-reactive ketones (excluding diaryl/α,β-unsaturated/α-hetero) is 1. The molecular formula is C10H12N2O3. The van der Waals surface area contributed by atoms with Crippen molar-refractivity contribution in [1.29, 1.82) is 0 Å². The number of allylic oxidation sites excluding steroid dienone is 2. The van der Waals surface area contributed by atoms with Gasteiger partial charge in [0, 0.05) is 12.0 Å². The number of nitrogens with one attached hydrogen (secondary N) is 1. The quantitative estimate of drug-likeness (QED) is 0.483. The fourth-order valence-electron chi connectivity index (χ4n) is 1.98. The number of fused-ring (bicyclic) bond motifs is 1. The molecule has 4 unspecified atom stereocenters. The number of carboxylic acid groups (broad SMARTS) is 1. The Balaban J connectivity index is 2.25.